The fourth-order valence-corrected chi connectivity index (χ4v) is 5.73. The normalized spacial score (nSPS) is 24.5. The van der Waals surface area contributed by atoms with Gasteiger partial charge in [-0.2, -0.15) is 8.42 Å². The molecule has 2 heterocycles. The van der Waals surface area contributed by atoms with Gasteiger partial charge in [-0.3, -0.25) is 4.98 Å². The molecule has 1 aliphatic carbocycles. The Morgan fingerprint density at radius 1 is 1.07 bits per heavy atom. The molecule has 5 nitrogen and oxygen atoms in total. The number of hydrogen-bond donors (Lipinski definition) is 0. The van der Waals surface area contributed by atoms with E-state index in [4.69, 9.17) is 0 Å². The van der Waals surface area contributed by atoms with E-state index < -0.39 is 10.0 Å². The largest absolute Gasteiger partial charge is 0.359 e. The summed E-state index contributed by atoms with van der Waals surface area (Å²) in [7, 11) is -3.81. The van der Waals surface area contributed by atoms with E-state index in [1.54, 1.807) is 18.3 Å². The number of piperidine rings is 1. The SMILES string of the molecule is C[C@H]1CCC[C@@H]1C(=NS(=O)(=O)c1cccc2cccnc12)N1CCCCC1. The summed E-state index contributed by atoms with van der Waals surface area (Å²) in [5.74, 6) is 1.50. The summed E-state index contributed by atoms with van der Waals surface area (Å²) in [6, 6.07) is 8.98. The minimum absolute atomic E-state index is 0.209. The minimum Gasteiger partial charge on any atom is -0.359 e. The molecule has 0 radical (unpaired) electrons. The number of amidine groups is 1. The molecule has 0 spiro atoms. The second-order valence-electron chi connectivity index (χ2n) is 7.82. The van der Waals surface area contributed by atoms with Crippen LogP contribution in [0.5, 0.6) is 0 Å². The predicted molar refractivity (Wildman–Crippen MR) is 108 cm³/mol. The summed E-state index contributed by atoms with van der Waals surface area (Å²) in [6.45, 7) is 4.04. The van der Waals surface area contributed by atoms with Gasteiger partial charge in [-0.15, -0.1) is 4.40 Å². The Bertz CT molecular complexity index is 944. The van der Waals surface area contributed by atoms with Gasteiger partial charge in [0.15, 0.2) is 0 Å². The van der Waals surface area contributed by atoms with E-state index in [-0.39, 0.29) is 10.8 Å². The van der Waals surface area contributed by atoms with Crippen molar-refractivity contribution >= 4 is 26.8 Å². The topological polar surface area (TPSA) is 62.6 Å². The van der Waals surface area contributed by atoms with Gasteiger partial charge in [0.05, 0.1) is 5.52 Å². The highest BCUT2D eigenvalue weighted by molar-refractivity contribution is 7.90. The highest BCUT2D eigenvalue weighted by Gasteiger charge is 2.33. The first kappa shape index (κ1) is 18.4. The van der Waals surface area contributed by atoms with Gasteiger partial charge in [-0.05, 0) is 50.2 Å². The molecular weight excluding hydrogens is 358 g/mol. The summed E-state index contributed by atoms with van der Waals surface area (Å²) in [5, 5.41) is 0.822. The van der Waals surface area contributed by atoms with Gasteiger partial charge in [0, 0.05) is 30.6 Å². The van der Waals surface area contributed by atoms with Crippen LogP contribution in [0, 0.1) is 11.8 Å². The van der Waals surface area contributed by atoms with E-state index >= 15 is 0 Å². The lowest BCUT2D eigenvalue weighted by atomic mass is 9.95. The lowest BCUT2D eigenvalue weighted by molar-refractivity contribution is 0.317. The second kappa shape index (κ2) is 7.58. The van der Waals surface area contributed by atoms with Crippen LogP contribution in [-0.4, -0.2) is 37.2 Å². The lowest BCUT2D eigenvalue weighted by Crippen LogP contribution is -2.41. The Morgan fingerprint density at radius 2 is 1.85 bits per heavy atom. The molecule has 1 aromatic heterocycles. The van der Waals surface area contributed by atoms with Crippen LogP contribution < -0.4 is 0 Å². The number of para-hydroxylation sites is 1. The van der Waals surface area contributed by atoms with Crippen LogP contribution >= 0.6 is 0 Å². The zero-order chi connectivity index (χ0) is 18.9. The number of sulfonamides is 1. The van der Waals surface area contributed by atoms with E-state index in [1.165, 1.54) is 6.42 Å². The van der Waals surface area contributed by atoms with Gasteiger partial charge in [-0.25, -0.2) is 0 Å². The first-order valence-electron chi connectivity index (χ1n) is 10.00. The Morgan fingerprint density at radius 3 is 2.59 bits per heavy atom. The number of hydrogen-bond acceptors (Lipinski definition) is 3. The fraction of sp³-hybridized carbons (Fsp3) is 0.524. The summed E-state index contributed by atoms with van der Waals surface area (Å²) in [4.78, 5) is 6.75. The highest BCUT2D eigenvalue weighted by atomic mass is 32.2. The number of rotatable bonds is 3. The van der Waals surface area contributed by atoms with Crippen molar-refractivity contribution in [2.75, 3.05) is 13.1 Å². The number of nitrogens with zero attached hydrogens (tertiary/aromatic N) is 3. The molecule has 0 amide bonds. The maximum Gasteiger partial charge on any atom is 0.286 e. The summed E-state index contributed by atoms with van der Waals surface area (Å²) < 4.78 is 31.1. The number of likely N-dealkylation sites (tertiary alicyclic amines) is 1. The summed E-state index contributed by atoms with van der Waals surface area (Å²) in [6.07, 6.45) is 8.38. The van der Waals surface area contributed by atoms with E-state index in [1.807, 2.05) is 18.2 Å². The predicted octanol–water partition coefficient (Wildman–Crippen LogP) is 4.24. The van der Waals surface area contributed by atoms with Crippen LogP contribution in [0.4, 0.5) is 0 Å². The zero-order valence-corrected chi connectivity index (χ0v) is 16.7. The molecular formula is C21H27N3O2S. The van der Waals surface area contributed by atoms with Crippen molar-refractivity contribution in [2.45, 2.75) is 50.3 Å². The van der Waals surface area contributed by atoms with Gasteiger partial charge in [0.25, 0.3) is 10.0 Å². The third-order valence-corrected chi connectivity index (χ3v) is 7.27. The van der Waals surface area contributed by atoms with Crippen LogP contribution in [0.2, 0.25) is 0 Å². The van der Waals surface area contributed by atoms with Crippen LogP contribution in [0.1, 0.15) is 45.4 Å². The van der Waals surface area contributed by atoms with Crippen LogP contribution in [-0.2, 0) is 10.0 Å². The van der Waals surface area contributed by atoms with E-state index in [2.05, 4.69) is 21.2 Å². The molecule has 2 atom stereocenters. The molecule has 27 heavy (non-hydrogen) atoms. The van der Waals surface area contributed by atoms with Crippen molar-refractivity contribution in [1.29, 1.82) is 0 Å². The fourth-order valence-electron chi connectivity index (χ4n) is 4.47. The van der Waals surface area contributed by atoms with E-state index in [9.17, 15) is 8.42 Å². The quantitative estimate of drug-likeness (QED) is 0.585. The third-order valence-electron chi connectivity index (χ3n) is 5.96. The van der Waals surface area contributed by atoms with Crippen molar-refractivity contribution in [3.05, 3.63) is 36.5 Å². The van der Waals surface area contributed by atoms with Crippen LogP contribution in [0.3, 0.4) is 0 Å². The molecule has 4 rings (SSSR count). The van der Waals surface area contributed by atoms with Crippen molar-refractivity contribution in [2.24, 2.45) is 16.2 Å². The molecule has 0 bridgehead atoms. The Labute approximate surface area is 161 Å². The van der Waals surface area contributed by atoms with Gasteiger partial charge in [0.2, 0.25) is 0 Å². The Balaban J connectivity index is 1.80. The van der Waals surface area contributed by atoms with Gasteiger partial charge >= 0.3 is 0 Å². The molecule has 0 unspecified atom stereocenters. The Hall–Kier alpha value is -1.95. The average Bonchev–Trinajstić information content (AvgIpc) is 3.12. The highest BCUT2D eigenvalue weighted by Crippen LogP contribution is 2.35. The number of pyridine rings is 1. The number of aromatic nitrogens is 1. The molecule has 1 aliphatic heterocycles. The van der Waals surface area contributed by atoms with Crippen molar-refractivity contribution < 1.29 is 8.42 Å². The zero-order valence-electron chi connectivity index (χ0n) is 15.8. The van der Waals surface area contributed by atoms with Crippen molar-refractivity contribution in [1.82, 2.24) is 9.88 Å². The maximum absolute atomic E-state index is 13.3. The molecule has 1 saturated heterocycles. The molecule has 2 aromatic rings. The number of benzene rings is 1. The third kappa shape index (κ3) is 3.72. The molecule has 6 heteroatoms. The first-order chi connectivity index (χ1) is 13.1. The average molecular weight is 386 g/mol. The standard InChI is InChI=1S/C21H27N3O2S/c1-16-8-5-11-18(16)21(24-14-3-2-4-15-24)23-27(25,26)19-12-6-9-17-10-7-13-22-20(17)19/h6-7,9-10,12-13,16,18H,2-5,8,11,14-15H2,1H3/t16-,18-/m0/s1. The Kier molecular flexibility index (Phi) is 5.17. The number of fused-ring (bicyclic) bond motifs is 1. The van der Waals surface area contributed by atoms with Crippen molar-refractivity contribution in [3.8, 4) is 0 Å². The van der Waals surface area contributed by atoms with Gasteiger partial charge in [0.1, 0.15) is 10.7 Å². The first-order valence-corrected chi connectivity index (χ1v) is 11.4. The van der Waals surface area contributed by atoms with Crippen LogP contribution in [0.25, 0.3) is 10.9 Å². The molecule has 1 saturated carbocycles. The summed E-state index contributed by atoms with van der Waals surface area (Å²) >= 11 is 0. The van der Waals surface area contributed by atoms with Crippen LogP contribution in [0.15, 0.2) is 45.8 Å². The maximum atomic E-state index is 13.3. The van der Waals surface area contributed by atoms with Gasteiger partial charge in [-0.1, -0.05) is 31.5 Å². The molecule has 2 aliphatic rings. The second-order valence-corrected chi connectivity index (χ2v) is 9.39. The summed E-state index contributed by atoms with van der Waals surface area (Å²) in [5.41, 5.74) is 0.501. The monoisotopic (exact) mass is 385 g/mol. The molecule has 2 fully saturated rings. The van der Waals surface area contributed by atoms with E-state index in [0.717, 1.165) is 56.4 Å². The van der Waals surface area contributed by atoms with Crippen molar-refractivity contribution in [3.63, 3.8) is 0 Å². The van der Waals surface area contributed by atoms with Gasteiger partial charge < -0.3 is 4.90 Å². The minimum atomic E-state index is -3.81. The smallest absolute Gasteiger partial charge is 0.286 e. The molecule has 144 valence electrons. The lowest BCUT2D eigenvalue weighted by Gasteiger charge is -2.33. The van der Waals surface area contributed by atoms with E-state index in [0.29, 0.717) is 11.4 Å². The molecule has 1 aromatic carbocycles. The molecule has 0 N–H and O–H groups in total.